The maximum atomic E-state index is 12.2. The molecule has 5 nitrogen and oxygen atoms in total. The summed E-state index contributed by atoms with van der Waals surface area (Å²) in [6, 6.07) is 4.02. The van der Waals surface area contributed by atoms with E-state index >= 15 is 0 Å². The van der Waals surface area contributed by atoms with E-state index in [1.54, 1.807) is 19.1 Å². The van der Waals surface area contributed by atoms with Crippen LogP contribution in [-0.4, -0.2) is 34.4 Å². The molecule has 106 valence electrons. The van der Waals surface area contributed by atoms with Crippen molar-refractivity contribution in [1.82, 2.24) is 4.72 Å². The summed E-state index contributed by atoms with van der Waals surface area (Å²) >= 11 is 5.80. The quantitative estimate of drug-likeness (QED) is 0.903. The maximum Gasteiger partial charge on any atom is 0.241 e. The van der Waals surface area contributed by atoms with Gasteiger partial charge >= 0.3 is 0 Å². The van der Waals surface area contributed by atoms with E-state index in [1.165, 1.54) is 6.07 Å². The number of hydrogen-bond donors (Lipinski definition) is 1. The SMILES string of the molecule is Cc1ccc(Cl)cc1S(=O)(=O)N[C@H]1CCS(=O)(=O)C1. The van der Waals surface area contributed by atoms with Gasteiger partial charge in [0.1, 0.15) is 0 Å². The molecule has 1 aromatic carbocycles. The molecule has 1 aromatic rings. The van der Waals surface area contributed by atoms with Crippen LogP contribution in [0.15, 0.2) is 23.1 Å². The summed E-state index contributed by atoms with van der Waals surface area (Å²) in [5.74, 6) is -0.124. The van der Waals surface area contributed by atoms with Gasteiger partial charge < -0.3 is 0 Å². The number of sulfone groups is 1. The predicted octanol–water partition coefficient (Wildman–Crippen LogP) is 1.11. The largest absolute Gasteiger partial charge is 0.241 e. The van der Waals surface area contributed by atoms with E-state index in [0.29, 0.717) is 17.0 Å². The van der Waals surface area contributed by atoms with Gasteiger partial charge in [0, 0.05) is 11.1 Å². The summed E-state index contributed by atoms with van der Waals surface area (Å²) in [5.41, 5.74) is 0.567. The first-order valence-electron chi connectivity index (χ1n) is 5.68. The summed E-state index contributed by atoms with van der Waals surface area (Å²) in [4.78, 5) is 0.0873. The molecule has 0 bridgehead atoms. The highest BCUT2D eigenvalue weighted by Gasteiger charge is 2.31. The zero-order valence-electron chi connectivity index (χ0n) is 10.3. The van der Waals surface area contributed by atoms with E-state index < -0.39 is 25.9 Å². The number of benzene rings is 1. The lowest BCUT2D eigenvalue weighted by Gasteiger charge is -2.13. The summed E-state index contributed by atoms with van der Waals surface area (Å²) in [7, 11) is -6.87. The van der Waals surface area contributed by atoms with Gasteiger partial charge in [-0.25, -0.2) is 21.6 Å². The van der Waals surface area contributed by atoms with Gasteiger partial charge in [-0.1, -0.05) is 17.7 Å². The van der Waals surface area contributed by atoms with E-state index in [0.717, 1.165) is 0 Å². The maximum absolute atomic E-state index is 12.2. The highest BCUT2D eigenvalue weighted by Crippen LogP contribution is 2.21. The molecule has 1 aliphatic heterocycles. The molecule has 0 amide bonds. The van der Waals surface area contributed by atoms with E-state index in [4.69, 9.17) is 11.6 Å². The van der Waals surface area contributed by atoms with Gasteiger partial charge in [-0.3, -0.25) is 0 Å². The minimum Gasteiger partial charge on any atom is -0.229 e. The summed E-state index contributed by atoms with van der Waals surface area (Å²) in [6.45, 7) is 1.66. The molecular formula is C11H14ClNO4S2. The Morgan fingerprint density at radius 3 is 2.63 bits per heavy atom. The highest BCUT2D eigenvalue weighted by atomic mass is 35.5. The standard InChI is InChI=1S/C11H14ClNO4S2/c1-8-2-3-9(12)6-11(8)19(16,17)13-10-4-5-18(14,15)7-10/h2-3,6,10,13H,4-5,7H2,1H3/t10-/m0/s1. The monoisotopic (exact) mass is 323 g/mol. The van der Waals surface area contributed by atoms with Crippen molar-refractivity contribution < 1.29 is 16.8 Å². The second-order valence-corrected chi connectivity index (χ2v) is 8.98. The van der Waals surface area contributed by atoms with E-state index in [9.17, 15) is 16.8 Å². The van der Waals surface area contributed by atoms with Gasteiger partial charge in [0.25, 0.3) is 0 Å². The third-order valence-corrected chi connectivity index (χ3v) is 6.66. The van der Waals surface area contributed by atoms with Crippen LogP contribution < -0.4 is 4.72 Å². The van der Waals surface area contributed by atoms with Crippen LogP contribution in [0.5, 0.6) is 0 Å². The molecule has 1 aliphatic rings. The number of aryl methyl sites for hydroxylation is 1. The molecule has 0 unspecified atom stereocenters. The number of nitrogens with one attached hydrogen (secondary N) is 1. The smallest absolute Gasteiger partial charge is 0.229 e. The van der Waals surface area contributed by atoms with Gasteiger partial charge in [-0.05, 0) is 31.0 Å². The number of halogens is 1. The van der Waals surface area contributed by atoms with Crippen LogP contribution in [0.4, 0.5) is 0 Å². The Kier molecular flexibility index (Phi) is 3.92. The van der Waals surface area contributed by atoms with Crippen molar-refractivity contribution in [2.75, 3.05) is 11.5 Å². The van der Waals surface area contributed by atoms with E-state index in [1.807, 2.05) is 0 Å². The molecule has 0 saturated carbocycles. The Bertz CT molecular complexity index is 697. The van der Waals surface area contributed by atoms with Gasteiger partial charge in [0.2, 0.25) is 10.0 Å². The van der Waals surface area contributed by atoms with Crippen molar-refractivity contribution in [1.29, 1.82) is 0 Å². The first-order valence-corrected chi connectivity index (χ1v) is 9.37. The van der Waals surface area contributed by atoms with E-state index in [2.05, 4.69) is 4.72 Å². The molecule has 1 N–H and O–H groups in total. The van der Waals surface area contributed by atoms with Crippen molar-refractivity contribution in [3.63, 3.8) is 0 Å². The second-order valence-electron chi connectivity index (χ2n) is 4.63. The van der Waals surface area contributed by atoms with Crippen LogP contribution in [0.1, 0.15) is 12.0 Å². The molecule has 19 heavy (non-hydrogen) atoms. The molecule has 1 saturated heterocycles. The van der Waals surface area contributed by atoms with E-state index in [-0.39, 0.29) is 16.4 Å². The Labute approximate surface area is 117 Å². The van der Waals surface area contributed by atoms with Crippen molar-refractivity contribution in [3.05, 3.63) is 28.8 Å². The van der Waals surface area contributed by atoms with Gasteiger partial charge in [-0.15, -0.1) is 0 Å². The molecule has 2 rings (SSSR count). The fraction of sp³-hybridized carbons (Fsp3) is 0.455. The van der Waals surface area contributed by atoms with Crippen molar-refractivity contribution in [3.8, 4) is 0 Å². The third kappa shape index (κ3) is 3.47. The molecule has 1 fully saturated rings. The molecule has 0 aliphatic carbocycles. The summed E-state index contributed by atoms with van der Waals surface area (Å²) in [6.07, 6.45) is 0.307. The summed E-state index contributed by atoms with van der Waals surface area (Å²) in [5, 5.41) is 0.324. The fourth-order valence-corrected chi connectivity index (χ4v) is 5.59. The second kappa shape index (κ2) is 5.05. The minimum atomic E-state index is -3.75. The Morgan fingerprint density at radius 1 is 1.37 bits per heavy atom. The van der Waals surface area contributed by atoms with Crippen molar-refractivity contribution in [2.45, 2.75) is 24.3 Å². The molecule has 1 heterocycles. The highest BCUT2D eigenvalue weighted by molar-refractivity contribution is 7.92. The number of hydrogen-bond acceptors (Lipinski definition) is 4. The zero-order valence-corrected chi connectivity index (χ0v) is 12.6. The number of rotatable bonds is 3. The molecule has 8 heteroatoms. The van der Waals surface area contributed by atoms with Crippen LogP contribution >= 0.6 is 11.6 Å². The zero-order chi connectivity index (χ0) is 14.3. The predicted molar refractivity (Wildman–Crippen MR) is 73.6 cm³/mol. The van der Waals surface area contributed by atoms with Crippen LogP contribution in [0.3, 0.4) is 0 Å². The van der Waals surface area contributed by atoms with Gasteiger partial charge in [0.05, 0.1) is 16.4 Å². The molecule has 1 atom stereocenters. The lowest BCUT2D eigenvalue weighted by molar-refractivity contribution is 0.562. The van der Waals surface area contributed by atoms with Crippen LogP contribution in [0, 0.1) is 6.92 Å². The first-order chi connectivity index (χ1) is 8.70. The Balaban J connectivity index is 2.26. The van der Waals surface area contributed by atoms with Crippen LogP contribution in [0.25, 0.3) is 0 Å². The number of sulfonamides is 1. The van der Waals surface area contributed by atoms with Gasteiger partial charge in [0.15, 0.2) is 9.84 Å². The third-order valence-electron chi connectivity index (χ3n) is 2.99. The molecular weight excluding hydrogens is 310 g/mol. The van der Waals surface area contributed by atoms with Crippen LogP contribution in [-0.2, 0) is 19.9 Å². The average molecular weight is 324 g/mol. The van der Waals surface area contributed by atoms with Crippen LogP contribution in [0.2, 0.25) is 5.02 Å². The normalized spacial score (nSPS) is 22.5. The molecule has 0 aromatic heterocycles. The topological polar surface area (TPSA) is 80.3 Å². The lowest BCUT2D eigenvalue weighted by atomic mass is 10.2. The minimum absolute atomic E-state index is 0.0225. The average Bonchev–Trinajstić information content (AvgIpc) is 2.60. The lowest BCUT2D eigenvalue weighted by Crippen LogP contribution is -2.35. The molecule has 0 spiro atoms. The van der Waals surface area contributed by atoms with Crippen molar-refractivity contribution >= 4 is 31.5 Å². The Morgan fingerprint density at radius 2 is 2.05 bits per heavy atom. The summed E-state index contributed by atoms with van der Waals surface area (Å²) < 4.78 is 49.5. The first kappa shape index (κ1) is 14.8. The molecule has 0 radical (unpaired) electrons. The van der Waals surface area contributed by atoms with Crippen molar-refractivity contribution in [2.24, 2.45) is 0 Å². The van der Waals surface area contributed by atoms with Gasteiger partial charge in [-0.2, -0.15) is 0 Å². The fourth-order valence-electron chi connectivity index (χ4n) is 2.03. The Hall–Kier alpha value is -0.630.